The number of β-amino-alcohol motifs (C(OH)–C–C–N with tert-alkyl or cyclic N) is 1. The van der Waals surface area contributed by atoms with Crippen LogP contribution in [0.2, 0.25) is 0 Å². The summed E-state index contributed by atoms with van der Waals surface area (Å²) in [6, 6.07) is 11.5. The minimum Gasteiger partial charge on any atom is -0.497 e. The number of ether oxygens (including phenoxy) is 2. The third-order valence-electron chi connectivity index (χ3n) is 7.99. The van der Waals surface area contributed by atoms with E-state index < -0.39 is 5.60 Å². The van der Waals surface area contributed by atoms with E-state index in [0.29, 0.717) is 43.1 Å². The van der Waals surface area contributed by atoms with Gasteiger partial charge in [0, 0.05) is 54.4 Å². The van der Waals surface area contributed by atoms with Crippen molar-refractivity contribution in [3.05, 3.63) is 67.6 Å². The summed E-state index contributed by atoms with van der Waals surface area (Å²) in [6.07, 6.45) is 8.07. The Morgan fingerprint density at radius 1 is 1.00 bits per heavy atom. The number of rotatable bonds is 8. The van der Waals surface area contributed by atoms with Gasteiger partial charge in [-0.1, -0.05) is 6.58 Å². The Morgan fingerprint density at radius 2 is 1.72 bits per heavy atom. The molecule has 0 saturated carbocycles. The molecule has 2 N–H and O–H groups in total. The van der Waals surface area contributed by atoms with Crippen molar-refractivity contribution in [2.75, 3.05) is 45.7 Å². The number of hydrogen-bond acceptors (Lipinski definition) is 9. The minimum absolute atomic E-state index is 0.000762. The molecule has 2 aromatic carbocycles. The van der Waals surface area contributed by atoms with Crippen LogP contribution in [0.1, 0.15) is 18.9 Å². The lowest BCUT2D eigenvalue weighted by Crippen LogP contribution is -2.70. The predicted molar refractivity (Wildman–Crippen MR) is 160 cm³/mol. The highest BCUT2D eigenvalue weighted by Gasteiger charge is 2.51. The van der Waals surface area contributed by atoms with Crippen LogP contribution >= 0.6 is 0 Å². The first-order chi connectivity index (χ1) is 20.8. The summed E-state index contributed by atoms with van der Waals surface area (Å²) in [5, 5.41) is 18.7. The Kier molecular flexibility index (Phi) is 7.45. The summed E-state index contributed by atoms with van der Waals surface area (Å²) in [4.78, 5) is 37.2. The van der Waals surface area contributed by atoms with E-state index in [1.807, 2.05) is 47.3 Å². The topological polar surface area (TPSA) is 135 Å². The number of anilines is 2. The van der Waals surface area contributed by atoms with Crippen molar-refractivity contribution in [3.63, 3.8) is 0 Å². The molecule has 0 atom stereocenters. The lowest BCUT2D eigenvalue weighted by Gasteiger charge is -2.47. The van der Waals surface area contributed by atoms with Gasteiger partial charge in [0.15, 0.2) is 5.60 Å². The summed E-state index contributed by atoms with van der Waals surface area (Å²) in [7, 11) is 3.23. The second kappa shape index (κ2) is 11.4. The number of amides is 2. The van der Waals surface area contributed by atoms with E-state index in [9.17, 15) is 14.7 Å². The highest BCUT2D eigenvalue weighted by Crippen LogP contribution is 2.31. The van der Waals surface area contributed by atoms with Crippen LogP contribution in [0.4, 0.5) is 11.4 Å². The Bertz CT molecular complexity index is 1670. The molecule has 2 aromatic heterocycles. The maximum Gasteiger partial charge on any atom is 0.258 e. The highest BCUT2D eigenvalue weighted by atomic mass is 16.5. The number of carbonyl (C=O) groups is 2. The van der Waals surface area contributed by atoms with Crippen molar-refractivity contribution < 1.29 is 24.2 Å². The molecular weight excluding hydrogens is 550 g/mol. The number of hydrogen-bond donors (Lipinski definition) is 2. The third-order valence-corrected chi connectivity index (χ3v) is 7.99. The van der Waals surface area contributed by atoms with E-state index >= 15 is 0 Å². The van der Waals surface area contributed by atoms with Crippen LogP contribution in [0, 0.1) is 0 Å². The van der Waals surface area contributed by atoms with Gasteiger partial charge in [0.1, 0.15) is 11.5 Å². The predicted octanol–water partition coefficient (Wildman–Crippen LogP) is 3.18. The summed E-state index contributed by atoms with van der Waals surface area (Å²) in [5.74, 6) is 0.755. The van der Waals surface area contributed by atoms with Crippen LogP contribution in [0.25, 0.3) is 22.3 Å². The first-order valence-electron chi connectivity index (χ1n) is 14.0. The highest BCUT2D eigenvalue weighted by molar-refractivity contribution is 5.93. The van der Waals surface area contributed by atoms with Crippen molar-refractivity contribution in [3.8, 4) is 22.8 Å². The average molecular weight is 584 g/mol. The van der Waals surface area contributed by atoms with E-state index in [1.54, 1.807) is 31.5 Å². The molecule has 2 amide bonds. The fourth-order valence-electron chi connectivity index (χ4n) is 5.58. The first kappa shape index (κ1) is 28.2. The standard InChI is InChI=1S/C31H33N7O5/c1-4-29(39)37-18-31(41,19-37)30(40)36-9-7-23(8-10-36)38-17-20(15-33-38)28-16-32-26-6-5-21(13-27(26)35-28)34-22-11-24(42-2)14-25(12-22)43-3/h4-6,11-17,23,34,41H,1,7-10,18-19H2,2-3H3. The molecule has 4 aromatic rings. The first-order valence-corrected chi connectivity index (χ1v) is 14.0. The van der Waals surface area contributed by atoms with E-state index in [-0.39, 0.29) is 30.9 Å². The molecule has 0 aliphatic carbocycles. The zero-order valence-electron chi connectivity index (χ0n) is 24.1. The number of methoxy groups -OCH3 is 2. The van der Waals surface area contributed by atoms with Gasteiger partial charge >= 0.3 is 0 Å². The van der Waals surface area contributed by atoms with E-state index in [4.69, 9.17) is 14.5 Å². The number of benzene rings is 2. The smallest absolute Gasteiger partial charge is 0.258 e. The molecule has 0 bridgehead atoms. The number of aromatic nitrogens is 4. The van der Waals surface area contributed by atoms with Gasteiger partial charge in [-0.15, -0.1) is 0 Å². The van der Waals surface area contributed by atoms with Crippen LogP contribution < -0.4 is 14.8 Å². The maximum atomic E-state index is 12.9. The normalized spacial score (nSPS) is 16.4. The van der Waals surface area contributed by atoms with Crippen molar-refractivity contribution in [1.29, 1.82) is 0 Å². The lowest BCUT2D eigenvalue weighted by molar-refractivity contribution is -0.175. The molecule has 12 heteroatoms. The molecular formula is C31H33N7O5. The Labute approximate surface area is 248 Å². The van der Waals surface area contributed by atoms with Gasteiger partial charge < -0.3 is 29.7 Å². The summed E-state index contributed by atoms with van der Waals surface area (Å²) in [6.45, 7) is 4.45. The SMILES string of the molecule is C=CC(=O)N1CC(O)(C(=O)N2CCC(n3cc(-c4cnc5ccc(Nc6cc(OC)cc(OC)c6)cc5n4)cn3)CC2)C1. The summed E-state index contributed by atoms with van der Waals surface area (Å²) in [5.41, 5.74) is 3.20. The number of carbonyl (C=O) groups excluding carboxylic acids is 2. The Balaban J connectivity index is 1.11. The third kappa shape index (κ3) is 5.61. The molecule has 0 spiro atoms. The molecule has 0 unspecified atom stereocenters. The van der Waals surface area contributed by atoms with Crippen LogP contribution in [-0.4, -0.2) is 92.5 Å². The van der Waals surface area contributed by atoms with Crippen molar-refractivity contribution in [1.82, 2.24) is 29.5 Å². The molecule has 2 aliphatic heterocycles. The average Bonchev–Trinajstić information content (AvgIpc) is 3.52. The summed E-state index contributed by atoms with van der Waals surface area (Å²) < 4.78 is 12.7. The van der Waals surface area contributed by atoms with Crippen LogP contribution in [0.3, 0.4) is 0 Å². The molecule has 6 rings (SSSR count). The van der Waals surface area contributed by atoms with Gasteiger partial charge in [0.2, 0.25) is 5.91 Å². The number of nitrogens with zero attached hydrogens (tertiary/aromatic N) is 6. The van der Waals surface area contributed by atoms with Crippen LogP contribution in [-0.2, 0) is 9.59 Å². The van der Waals surface area contributed by atoms with Crippen molar-refractivity contribution in [2.45, 2.75) is 24.5 Å². The number of piperidine rings is 1. The lowest BCUT2D eigenvalue weighted by atomic mass is 9.91. The van der Waals surface area contributed by atoms with Gasteiger partial charge in [-0.2, -0.15) is 5.10 Å². The van der Waals surface area contributed by atoms with Crippen molar-refractivity contribution >= 4 is 34.2 Å². The molecule has 2 fully saturated rings. The van der Waals surface area contributed by atoms with E-state index in [2.05, 4.69) is 22.0 Å². The number of aliphatic hydroxyl groups is 1. The molecule has 0 radical (unpaired) electrons. The van der Waals surface area contributed by atoms with Gasteiger partial charge in [0.05, 0.1) is 62.5 Å². The molecule has 4 heterocycles. The zero-order valence-corrected chi connectivity index (χ0v) is 24.1. The van der Waals surface area contributed by atoms with Crippen LogP contribution in [0.15, 0.2) is 67.6 Å². The van der Waals surface area contributed by atoms with E-state index in [1.165, 1.54) is 11.0 Å². The van der Waals surface area contributed by atoms with Gasteiger partial charge in [-0.05, 0) is 37.1 Å². The second-order valence-corrected chi connectivity index (χ2v) is 10.8. The van der Waals surface area contributed by atoms with Crippen LogP contribution in [0.5, 0.6) is 11.5 Å². The summed E-state index contributed by atoms with van der Waals surface area (Å²) >= 11 is 0. The Hall–Kier alpha value is -4.97. The number of nitrogens with one attached hydrogen (secondary N) is 1. The largest absolute Gasteiger partial charge is 0.497 e. The quantitative estimate of drug-likeness (QED) is 0.300. The number of likely N-dealkylation sites (tertiary alicyclic amines) is 2. The molecule has 222 valence electrons. The molecule has 12 nitrogen and oxygen atoms in total. The monoisotopic (exact) mass is 583 g/mol. The van der Waals surface area contributed by atoms with Gasteiger partial charge in [-0.3, -0.25) is 19.3 Å². The van der Waals surface area contributed by atoms with Gasteiger partial charge in [0.25, 0.3) is 5.91 Å². The zero-order chi connectivity index (χ0) is 30.1. The molecule has 2 aliphatic rings. The number of fused-ring (bicyclic) bond motifs is 1. The second-order valence-electron chi connectivity index (χ2n) is 10.8. The minimum atomic E-state index is -1.52. The van der Waals surface area contributed by atoms with E-state index in [0.717, 1.165) is 28.0 Å². The Morgan fingerprint density at radius 3 is 2.40 bits per heavy atom. The molecule has 43 heavy (non-hydrogen) atoms. The van der Waals surface area contributed by atoms with Crippen molar-refractivity contribution in [2.24, 2.45) is 0 Å². The van der Waals surface area contributed by atoms with Gasteiger partial charge in [-0.25, -0.2) is 4.98 Å². The fraction of sp³-hybridized carbons (Fsp3) is 0.323. The fourth-order valence-corrected chi connectivity index (χ4v) is 5.58. The maximum absolute atomic E-state index is 12.9. The molecule has 2 saturated heterocycles.